The molecule has 1 aromatic carbocycles. The van der Waals surface area contributed by atoms with Crippen molar-refractivity contribution in [3.05, 3.63) is 48.1 Å². The summed E-state index contributed by atoms with van der Waals surface area (Å²) in [6.07, 6.45) is 1.87. The highest BCUT2D eigenvalue weighted by Gasteiger charge is 2.22. The first-order valence-electron chi connectivity index (χ1n) is 4.79. The van der Waals surface area contributed by atoms with Gasteiger partial charge in [0.25, 0.3) is 0 Å². The van der Waals surface area contributed by atoms with E-state index in [2.05, 4.69) is 6.58 Å². The predicted molar refractivity (Wildman–Crippen MR) is 57.4 cm³/mol. The van der Waals surface area contributed by atoms with Crippen molar-refractivity contribution in [3.63, 3.8) is 0 Å². The molecule has 15 heavy (non-hydrogen) atoms. The minimum absolute atomic E-state index is 0.0744. The van der Waals surface area contributed by atoms with E-state index in [9.17, 15) is 8.78 Å². The second-order valence-corrected chi connectivity index (χ2v) is 3.94. The zero-order chi connectivity index (χ0) is 11.5. The Bertz CT molecular complexity index is 342. The van der Waals surface area contributed by atoms with Crippen molar-refractivity contribution >= 4 is 0 Å². The third kappa shape index (κ3) is 2.63. The molecular formula is C12H15F2N. The number of halogens is 2. The normalized spacial score (nSPS) is 14.7. The summed E-state index contributed by atoms with van der Waals surface area (Å²) in [6, 6.07) is 3.85. The third-order valence-electron chi connectivity index (χ3n) is 2.60. The molecule has 3 heteroatoms. The number of hydrogen-bond acceptors (Lipinski definition) is 1. The Morgan fingerprint density at radius 1 is 1.40 bits per heavy atom. The van der Waals surface area contributed by atoms with Crippen molar-refractivity contribution in [1.29, 1.82) is 0 Å². The van der Waals surface area contributed by atoms with Crippen molar-refractivity contribution in [2.24, 2.45) is 11.1 Å². The second-order valence-electron chi connectivity index (χ2n) is 3.94. The fourth-order valence-corrected chi connectivity index (χ4v) is 1.33. The van der Waals surface area contributed by atoms with E-state index in [1.165, 1.54) is 18.2 Å². The lowest BCUT2D eigenvalue weighted by Crippen LogP contribution is -2.28. The van der Waals surface area contributed by atoms with Crippen LogP contribution in [0.15, 0.2) is 30.9 Å². The van der Waals surface area contributed by atoms with E-state index in [1.807, 2.05) is 6.92 Å². The Labute approximate surface area is 88.6 Å². The fourth-order valence-electron chi connectivity index (χ4n) is 1.33. The van der Waals surface area contributed by atoms with Crippen LogP contribution in [0.3, 0.4) is 0 Å². The van der Waals surface area contributed by atoms with Crippen molar-refractivity contribution in [3.8, 4) is 0 Å². The monoisotopic (exact) mass is 211 g/mol. The minimum atomic E-state index is -0.531. The SMILES string of the molecule is C=CC(C)(CN)Cc1c(F)cccc1F. The van der Waals surface area contributed by atoms with Gasteiger partial charge in [-0.1, -0.05) is 19.1 Å². The lowest BCUT2D eigenvalue weighted by Gasteiger charge is -2.24. The smallest absolute Gasteiger partial charge is 0.129 e. The molecule has 0 aliphatic rings. The molecule has 1 nitrogen and oxygen atoms in total. The zero-order valence-corrected chi connectivity index (χ0v) is 8.76. The van der Waals surface area contributed by atoms with Crippen LogP contribution in [0.25, 0.3) is 0 Å². The maximum Gasteiger partial charge on any atom is 0.129 e. The van der Waals surface area contributed by atoms with Gasteiger partial charge in [0.15, 0.2) is 0 Å². The molecule has 0 aliphatic heterocycles. The van der Waals surface area contributed by atoms with E-state index >= 15 is 0 Å². The summed E-state index contributed by atoms with van der Waals surface area (Å²) in [4.78, 5) is 0. The first-order chi connectivity index (χ1) is 7.02. The van der Waals surface area contributed by atoms with E-state index in [0.717, 1.165) is 0 Å². The van der Waals surface area contributed by atoms with Crippen LogP contribution >= 0.6 is 0 Å². The molecule has 82 valence electrons. The van der Waals surface area contributed by atoms with Crippen LogP contribution in [0, 0.1) is 17.0 Å². The van der Waals surface area contributed by atoms with Crippen LogP contribution in [0.5, 0.6) is 0 Å². The van der Waals surface area contributed by atoms with Crippen molar-refractivity contribution in [2.45, 2.75) is 13.3 Å². The van der Waals surface area contributed by atoms with Gasteiger partial charge < -0.3 is 5.73 Å². The average molecular weight is 211 g/mol. The molecule has 1 aromatic rings. The molecular weight excluding hydrogens is 196 g/mol. The van der Waals surface area contributed by atoms with Crippen LogP contribution in [0.1, 0.15) is 12.5 Å². The molecule has 0 spiro atoms. The first-order valence-corrected chi connectivity index (χ1v) is 4.79. The predicted octanol–water partition coefficient (Wildman–Crippen LogP) is 2.66. The lowest BCUT2D eigenvalue weighted by molar-refractivity contribution is 0.415. The Hall–Kier alpha value is -1.22. The number of benzene rings is 1. The molecule has 0 amide bonds. The van der Waals surface area contributed by atoms with Gasteiger partial charge in [-0.2, -0.15) is 0 Å². The summed E-state index contributed by atoms with van der Waals surface area (Å²) >= 11 is 0. The topological polar surface area (TPSA) is 26.0 Å². The van der Waals surface area contributed by atoms with Gasteiger partial charge in [-0.05, 0) is 18.6 Å². The van der Waals surface area contributed by atoms with Crippen molar-refractivity contribution in [1.82, 2.24) is 0 Å². The number of nitrogens with two attached hydrogens (primary N) is 1. The molecule has 0 fully saturated rings. The first kappa shape index (κ1) is 11.9. The highest BCUT2D eigenvalue weighted by Crippen LogP contribution is 2.25. The highest BCUT2D eigenvalue weighted by atomic mass is 19.1. The minimum Gasteiger partial charge on any atom is -0.330 e. The molecule has 1 rings (SSSR count). The fraction of sp³-hybridized carbons (Fsp3) is 0.333. The van der Waals surface area contributed by atoms with Crippen LogP contribution in [-0.4, -0.2) is 6.54 Å². The van der Waals surface area contributed by atoms with Gasteiger partial charge in [-0.3, -0.25) is 0 Å². The van der Waals surface area contributed by atoms with Crippen molar-refractivity contribution in [2.75, 3.05) is 6.54 Å². The summed E-state index contributed by atoms with van der Waals surface area (Å²) in [5, 5.41) is 0. The Balaban J connectivity index is 3.03. The van der Waals surface area contributed by atoms with Gasteiger partial charge in [0, 0.05) is 17.5 Å². The largest absolute Gasteiger partial charge is 0.330 e. The van der Waals surface area contributed by atoms with Crippen LogP contribution in [-0.2, 0) is 6.42 Å². The molecule has 0 aliphatic carbocycles. The number of rotatable bonds is 4. The highest BCUT2D eigenvalue weighted by molar-refractivity contribution is 5.22. The molecule has 1 unspecified atom stereocenters. The maximum atomic E-state index is 13.3. The summed E-state index contributed by atoms with van der Waals surface area (Å²) in [7, 11) is 0. The third-order valence-corrected chi connectivity index (χ3v) is 2.60. The summed E-state index contributed by atoms with van der Waals surface area (Å²) in [6.45, 7) is 5.77. The van der Waals surface area contributed by atoms with E-state index in [0.29, 0.717) is 6.54 Å². The van der Waals surface area contributed by atoms with Gasteiger partial charge in [0.1, 0.15) is 11.6 Å². The maximum absolute atomic E-state index is 13.3. The number of hydrogen-bond donors (Lipinski definition) is 1. The molecule has 0 heterocycles. The van der Waals surface area contributed by atoms with Crippen LogP contribution in [0.2, 0.25) is 0 Å². The quantitative estimate of drug-likeness (QED) is 0.761. The van der Waals surface area contributed by atoms with E-state index in [-0.39, 0.29) is 12.0 Å². The Morgan fingerprint density at radius 3 is 2.33 bits per heavy atom. The molecule has 0 bridgehead atoms. The van der Waals surface area contributed by atoms with Crippen LogP contribution < -0.4 is 5.73 Å². The molecule has 0 aromatic heterocycles. The second kappa shape index (κ2) is 4.53. The van der Waals surface area contributed by atoms with E-state index in [4.69, 9.17) is 5.73 Å². The average Bonchev–Trinajstić information content (AvgIpc) is 2.23. The Morgan fingerprint density at radius 2 is 1.93 bits per heavy atom. The van der Waals surface area contributed by atoms with E-state index in [1.54, 1.807) is 6.08 Å². The molecule has 0 saturated heterocycles. The van der Waals surface area contributed by atoms with Gasteiger partial charge in [-0.15, -0.1) is 6.58 Å². The van der Waals surface area contributed by atoms with Crippen LogP contribution in [0.4, 0.5) is 8.78 Å². The van der Waals surface area contributed by atoms with Gasteiger partial charge in [0.05, 0.1) is 0 Å². The van der Waals surface area contributed by atoms with Gasteiger partial charge >= 0.3 is 0 Å². The summed E-state index contributed by atoms with van der Waals surface area (Å²) in [5.41, 5.74) is 5.15. The molecule has 2 N–H and O–H groups in total. The van der Waals surface area contributed by atoms with Gasteiger partial charge in [0.2, 0.25) is 0 Å². The molecule has 0 radical (unpaired) electrons. The Kier molecular flexibility index (Phi) is 3.58. The van der Waals surface area contributed by atoms with Gasteiger partial charge in [-0.25, -0.2) is 8.78 Å². The van der Waals surface area contributed by atoms with Crippen molar-refractivity contribution < 1.29 is 8.78 Å². The standard InChI is InChI=1S/C12H15F2N/c1-3-12(2,8-15)7-9-10(13)5-4-6-11(9)14/h3-6H,1,7-8,15H2,2H3. The summed E-state index contributed by atoms with van der Waals surface area (Å²) in [5.74, 6) is -1.06. The molecule has 0 saturated carbocycles. The van der Waals surface area contributed by atoms with E-state index < -0.39 is 17.0 Å². The summed E-state index contributed by atoms with van der Waals surface area (Å²) < 4.78 is 26.7. The zero-order valence-electron chi connectivity index (χ0n) is 8.76. The lowest BCUT2D eigenvalue weighted by atomic mass is 9.83. The molecule has 1 atom stereocenters.